The summed E-state index contributed by atoms with van der Waals surface area (Å²) < 4.78 is 1.42. The van der Waals surface area contributed by atoms with E-state index in [-0.39, 0.29) is 31.3 Å². The summed E-state index contributed by atoms with van der Waals surface area (Å²) >= 11 is 0. The first-order valence-corrected chi connectivity index (χ1v) is 8.90. The van der Waals surface area contributed by atoms with Crippen molar-refractivity contribution in [2.75, 3.05) is 11.9 Å². The first kappa shape index (κ1) is 21.4. The van der Waals surface area contributed by atoms with Crippen LogP contribution in [0.25, 0.3) is 10.9 Å². The van der Waals surface area contributed by atoms with Gasteiger partial charge in [-0.2, -0.15) is 0 Å². The molecule has 3 N–H and O–H groups in total. The normalized spacial score (nSPS) is 10.5. The van der Waals surface area contributed by atoms with Gasteiger partial charge in [-0.1, -0.05) is 37.3 Å². The molecule has 0 fully saturated rings. The molecule has 0 aliphatic rings. The monoisotopic (exact) mass is 402 g/mol. The summed E-state index contributed by atoms with van der Waals surface area (Å²) in [5.74, 6) is -0.193. The highest BCUT2D eigenvalue weighted by atomic mass is 35.5. The number of H-pyrrole nitrogens is 1. The van der Waals surface area contributed by atoms with Crippen LogP contribution in [0.4, 0.5) is 5.69 Å². The van der Waals surface area contributed by atoms with E-state index in [1.165, 1.54) is 4.57 Å². The molecule has 0 spiro atoms. The summed E-state index contributed by atoms with van der Waals surface area (Å²) in [7, 11) is 0. The first-order valence-electron chi connectivity index (χ1n) is 8.90. The molecule has 1 aromatic heterocycles. The van der Waals surface area contributed by atoms with E-state index >= 15 is 0 Å². The molecule has 0 radical (unpaired) electrons. The van der Waals surface area contributed by atoms with Crippen LogP contribution in [0.3, 0.4) is 0 Å². The number of hydrogen-bond donors (Lipinski definition) is 3. The Morgan fingerprint density at radius 1 is 1.07 bits per heavy atom. The minimum atomic E-state index is -0.515. The van der Waals surface area contributed by atoms with Crippen molar-refractivity contribution in [2.45, 2.75) is 26.4 Å². The van der Waals surface area contributed by atoms with Crippen LogP contribution in [0, 0.1) is 0 Å². The van der Waals surface area contributed by atoms with E-state index in [2.05, 4.69) is 15.6 Å². The third-order valence-electron chi connectivity index (χ3n) is 4.32. The van der Waals surface area contributed by atoms with E-state index in [0.29, 0.717) is 17.4 Å². The highest BCUT2D eigenvalue weighted by molar-refractivity contribution is 5.91. The topological polar surface area (TPSA) is 96.0 Å². The van der Waals surface area contributed by atoms with Gasteiger partial charge < -0.3 is 10.6 Å². The fourth-order valence-corrected chi connectivity index (χ4v) is 2.95. The minimum Gasteiger partial charge on any atom is -0.326 e. The molecule has 1 heterocycles. The summed E-state index contributed by atoms with van der Waals surface area (Å²) in [4.78, 5) is 38.8. The lowest BCUT2D eigenvalue weighted by atomic mass is 10.1. The zero-order chi connectivity index (χ0) is 19.2. The predicted molar refractivity (Wildman–Crippen MR) is 113 cm³/mol. The number of fused-ring (bicyclic) bond motifs is 1. The minimum absolute atomic E-state index is 0. The maximum atomic E-state index is 12.4. The van der Waals surface area contributed by atoms with E-state index in [1.807, 2.05) is 31.2 Å². The predicted octanol–water partition coefficient (Wildman–Crippen LogP) is 2.25. The highest BCUT2D eigenvalue weighted by Gasteiger charge is 2.10. The van der Waals surface area contributed by atoms with E-state index in [4.69, 9.17) is 0 Å². The Morgan fingerprint density at radius 2 is 1.79 bits per heavy atom. The number of amides is 1. The number of halogens is 1. The van der Waals surface area contributed by atoms with Gasteiger partial charge in [0.2, 0.25) is 5.91 Å². The number of carbonyl (C=O) groups is 1. The number of para-hydroxylation sites is 2. The van der Waals surface area contributed by atoms with Crippen molar-refractivity contribution in [3.8, 4) is 0 Å². The summed E-state index contributed by atoms with van der Waals surface area (Å²) in [5, 5.41) is 6.57. The maximum Gasteiger partial charge on any atom is 0.328 e. The maximum absolute atomic E-state index is 12.4. The summed E-state index contributed by atoms with van der Waals surface area (Å²) in [6.45, 7) is 3.70. The van der Waals surface area contributed by atoms with Gasteiger partial charge in [0.05, 0.1) is 10.9 Å². The highest BCUT2D eigenvalue weighted by Crippen LogP contribution is 2.15. The lowest BCUT2D eigenvalue weighted by molar-refractivity contribution is -0.116. The van der Waals surface area contributed by atoms with Crippen LogP contribution in [-0.4, -0.2) is 22.0 Å². The van der Waals surface area contributed by atoms with Gasteiger partial charge in [-0.3, -0.25) is 19.1 Å². The largest absolute Gasteiger partial charge is 0.328 e. The molecule has 0 atom stereocenters. The van der Waals surface area contributed by atoms with Gasteiger partial charge in [0.1, 0.15) is 0 Å². The van der Waals surface area contributed by atoms with E-state index < -0.39 is 11.2 Å². The summed E-state index contributed by atoms with van der Waals surface area (Å²) in [5.41, 5.74) is 1.33. The smallest absolute Gasteiger partial charge is 0.326 e. The Balaban J connectivity index is 0.00000280. The summed E-state index contributed by atoms with van der Waals surface area (Å²) in [6.07, 6.45) is 0.117. The van der Waals surface area contributed by atoms with Crippen LogP contribution in [0.15, 0.2) is 58.1 Å². The lowest BCUT2D eigenvalue weighted by Gasteiger charge is -2.12. The molecule has 0 aliphatic heterocycles. The fourth-order valence-electron chi connectivity index (χ4n) is 2.95. The molecule has 3 aromatic rings. The number of carbonyl (C=O) groups excluding carboxylic acids is 1. The van der Waals surface area contributed by atoms with Crippen molar-refractivity contribution in [1.29, 1.82) is 0 Å². The van der Waals surface area contributed by atoms with Gasteiger partial charge in [-0.05, 0) is 30.3 Å². The van der Waals surface area contributed by atoms with Gasteiger partial charge in [0.15, 0.2) is 0 Å². The number of hydrogen-bond acceptors (Lipinski definition) is 4. The second-order valence-electron chi connectivity index (χ2n) is 6.16. The van der Waals surface area contributed by atoms with Crippen LogP contribution in [0.5, 0.6) is 0 Å². The molecule has 0 saturated carbocycles. The molecule has 148 valence electrons. The molecule has 0 aliphatic carbocycles. The second kappa shape index (κ2) is 9.87. The van der Waals surface area contributed by atoms with Crippen molar-refractivity contribution in [3.63, 3.8) is 0 Å². The Hall–Kier alpha value is -2.90. The molecule has 7 nitrogen and oxygen atoms in total. The number of rotatable bonds is 7. The average molecular weight is 403 g/mol. The quantitative estimate of drug-likeness (QED) is 0.564. The molecule has 8 heteroatoms. The van der Waals surface area contributed by atoms with Crippen LogP contribution >= 0.6 is 12.4 Å². The molecule has 3 rings (SSSR count). The van der Waals surface area contributed by atoms with Gasteiger partial charge in [0.25, 0.3) is 5.56 Å². The van der Waals surface area contributed by atoms with Crippen molar-refractivity contribution < 1.29 is 4.79 Å². The molecular formula is C20H23ClN4O3. The molecule has 2 aromatic carbocycles. The molecule has 1 amide bonds. The Bertz CT molecular complexity index is 1070. The Labute approximate surface area is 168 Å². The third-order valence-corrected chi connectivity index (χ3v) is 4.32. The number of nitrogens with zero attached hydrogens (tertiary/aromatic N) is 1. The number of anilines is 1. The number of aryl methyl sites for hydroxylation is 1. The van der Waals surface area contributed by atoms with Gasteiger partial charge >= 0.3 is 5.69 Å². The van der Waals surface area contributed by atoms with Gasteiger partial charge in [0, 0.05) is 25.2 Å². The van der Waals surface area contributed by atoms with Crippen LogP contribution in [0.2, 0.25) is 0 Å². The fraction of sp³-hybridized carbons (Fsp3) is 0.250. The molecule has 0 saturated heterocycles. The van der Waals surface area contributed by atoms with E-state index in [0.717, 1.165) is 17.8 Å². The third kappa shape index (κ3) is 4.88. The molecule has 0 unspecified atom stereocenters. The van der Waals surface area contributed by atoms with Crippen LogP contribution in [0.1, 0.15) is 18.9 Å². The van der Waals surface area contributed by atoms with Gasteiger partial charge in [-0.15, -0.1) is 12.4 Å². The molecule has 28 heavy (non-hydrogen) atoms. The number of aromatic nitrogens is 2. The van der Waals surface area contributed by atoms with E-state index in [9.17, 15) is 14.4 Å². The Morgan fingerprint density at radius 3 is 2.57 bits per heavy atom. The standard InChI is InChI=1S/C20H22N4O3.ClH/c1-2-21-13-14-7-3-5-9-16(14)22-18(25)11-12-24-17-10-6-4-8-15(17)19(26)23-20(24)27;/h3-10,21H,2,11-13H2,1H3,(H,22,25)(H,23,26,27);1H. The van der Waals surface area contributed by atoms with Gasteiger partial charge in [-0.25, -0.2) is 4.79 Å². The molecular weight excluding hydrogens is 380 g/mol. The second-order valence-corrected chi connectivity index (χ2v) is 6.16. The zero-order valence-electron chi connectivity index (χ0n) is 15.5. The van der Waals surface area contributed by atoms with E-state index in [1.54, 1.807) is 24.3 Å². The van der Waals surface area contributed by atoms with Crippen LogP contribution in [-0.2, 0) is 17.9 Å². The number of nitrogens with one attached hydrogen (secondary N) is 3. The van der Waals surface area contributed by atoms with Crippen molar-refractivity contribution in [1.82, 2.24) is 14.9 Å². The zero-order valence-corrected chi connectivity index (χ0v) is 16.3. The van der Waals surface area contributed by atoms with Crippen molar-refractivity contribution in [2.24, 2.45) is 0 Å². The number of aromatic amines is 1. The van der Waals surface area contributed by atoms with Crippen molar-refractivity contribution in [3.05, 3.63) is 74.9 Å². The SMILES string of the molecule is CCNCc1ccccc1NC(=O)CCn1c(=O)[nH]c(=O)c2ccccc21.Cl. The average Bonchev–Trinajstić information content (AvgIpc) is 2.67. The lowest BCUT2D eigenvalue weighted by Crippen LogP contribution is -2.31. The number of benzene rings is 2. The Kier molecular flexibility index (Phi) is 7.54. The molecule has 0 bridgehead atoms. The summed E-state index contributed by atoms with van der Waals surface area (Å²) in [6, 6.07) is 14.5. The van der Waals surface area contributed by atoms with Crippen molar-refractivity contribution >= 4 is 34.9 Å². The first-order chi connectivity index (χ1) is 13.1. The van der Waals surface area contributed by atoms with Crippen LogP contribution < -0.4 is 21.9 Å².